The summed E-state index contributed by atoms with van der Waals surface area (Å²) in [7, 11) is 0. The highest BCUT2D eigenvalue weighted by molar-refractivity contribution is 5.94. The van der Waals surface area contributed by atoms with Crippen molar-refractivity contribution in [3.8, 4) is 11.3 Å². The number of rotatable bonds is 4. The normalized spacial score (nSPS) is 17.9. The van der Waals surface area contributed by atoms with E-state index in [2.05, 4.69) is 15.6 Å². The fourth-order valence-electron chi connectivity index (χ4n) is 4.44. The van der Waals surface area contributed by atoms with Crippen LogP contribution in [0.2, 0.25) is 0 Å². The molecule has 1 saturated heterocycles. The average Bonchev–Trinajstić information content (AvgIpc) is 2.80. The van der Waals surface area contributed by atoms with Crippen LogP contribution < -0.4 is 16.2 Å². The molecule has 0 atom stereocenters. The number of piperidine rings is 1. The van der Waals surface area contributed by atoms with Gasteiger partial charge in [-0.2, -0.15) is 0 Å². The van der Waals surface area contributed by atoms with Crippen LogP contribution in [0, 0.1) is 0 Å². The van der Waals surface area contributed by atoms with E-state index in [0.29, 0.717) is 37.7 Å². The topological polar surface area (TPSA) is 94.3 Å². The number of hydrogen-bond donors (Lipinski definition) is 3. The lowest BCUT2D eigenvalue weighted by Gasteiger charge is -2.34. The van der Waals surface area contributed by atoms with Crippen LogP contribution in [0.3, 0.4) is 0 Å². The van der Waals surface area contributed by atoms with E-state index in [1.807, 2.05) is 35.2 Å². The SMILES string of the molecule is O=C(NC1CCN(C(=O)NC2CCCCC2)CC1)c1ccc(-c2ccccc2)[nH]c1=O. The third kappa shape index (κ3) is 5.34. The second-order valence-corrected chi connectivity index (χ2v) is 8.50. The van der Waals surface area contributed by atoms with E-state index in [9.17, 15) is 14.4 Å². The van der Waals surface area contributed by atoms with E-state index >= 15 is 0 Å². The zero-order valence-corrected chi connectivity index (χ0v) is 17.7. The second kappa shape index (κ2) is 9.81. The van der Waals surface area contributed by atoms with Gasteiger partial charge in [0.15, 0.2) is 0 Å². The molecule has 1 aliphatic heterocycles. The lowest BCUT2D eigenvalue weighted by molar-refractivity contribution is 0.0916. The van der Waals surface area contributed by atoms with Crippen molar-refractivity contribution in [2.75, 3.05) is 13.1 Å². The van der Waals surface area contributed by atoms with E-state index < -0.39 is 5.56 Å². The van der Waals surface area contributed by atoms with Crippen molar-refractivity contribution in [1.29, 1.82) is 0 Å². The Morgan fingerprint density at radius 1 is 0.839 bits per heavy atom. The maximum Gasteiger partial charge on any atom is 0.317 e. The van der Waals surface area contributed by atoms with Gasteiger partial charge in [-0.1, -0.05) is 49.6 Å². The molecule has 2 heterocycles. The Morgan fingerprint density at radius 2 is 1.52 bits per heavy atom. The van der Waals surface area contributed by atoms with E-state index in [-0.39, 0.29) is 23.5 Å². The van der Waals surface area contributed by atoms with Crippen LogP contribution in [0.4, 0.5) is 4.79 Å². The minimum absolute atomic E-state index is 0.00428. The Bertz CT molecular complexity index is 958. The third-order valence-corrected chi connectivity index (χ3v) is 6.29. The van der Waals surface area contributed by atoms with Crippen molar-refractivity contribution in [3.05, 3.63) is 58.4 Å². The van der Waals surface area contributed by atoms with Gasteiger partial charge in [-0.15, -0.1) is 0 Å². The molecule has 1 aromatic heterocycles. The first-order chi connectivity index (χ1) is 15.1. The number of carbonyl (C=O) groups excluding carboxylic acids is 2. The number of likely N-dealkylation sites (tertiary alicyclic amines) is 1. The first-order valence-electron chi connectivity index (χ1n) is 11.3. The van der Waals surface area contributed by atoms with Crippen LogP contribution in [0.15, 0.2) is 47.3 Å². The second-order valence-electron chi connectivity index (χ2n) is 8.50. The van der Waals surface area contributed by atoms with Gasteiger partial charge in [0.2, 0.25) is 0 Å². The summed E-state index contributed by atoms with van der Waals surface area (Å²) in [5.74, 6) is -0.369. The van der Waals surface area contributed by atoms with Crippen LogP contribution >= 0.6 is 0 Å². The van der Waals surface area contributed by atoms with Gasteiger partial charge in [-0.05, 0) is 43.4 Å². The van der Waals surface area contributed by atoms with Crippen LogP contribution in [0.25, 0.3) is 11.3 Å². The molecule has 1 aliphatic carbocycles. The monoisotopic (exact) mass is 422 g/mol. The highest BCUT2D eigenvalue weighted by Crippen LogP contribution is 2.19. The van der Waals surface area contributed by atoms with E-state index in [1.54, 1.807) is 12.1 Å². The first-order valence-corrected chi connectivity index (χ1v) is 11.3. The fourth-order valence-corrected chi connectivity index (χ4v) is 4.44. The van der Waals surface area contributed by atoms with Crippen LogP contribution in [-0.2, 0) is 0 Å². The predicted octanol–water partition coefficient (Wildman–Crippen LogP) is 3.28. The Morgan fingerprint density at radius 3 is 2.19 bits per heavy atom. The molecule has 2 fully saturated rings. The summed E-state index contributed by atoms with van der Waals surface area (Å²) >= 11 is 0. The van der Waals surface area contributed by atoms with Gasteiger partial charge < -0.3 is 20.5 Å². The molecule has 3 N–H and O–H groups in total. The molecule has 2 aliphatic rings. The average molecular weight is 423 g/mol. The van der Waals surface area contributed by atoms with Crippen LogP contribution in [-0.4, -0.2) is 47.0 Å². The van der Waals surface area contributed by atoms with Crippen LogP contribution in [0.1, 0.15) is 55.3 Å². The predicted molar refractivity (Wildman–Crippen MR) is 120 cm³/mol. The van der Waals surface area contributed by atoms with Gasteiger partial charge in [-0.3, -0.25) is 9.59 Å². The summed E-state index contributed by atoms with van der Waals surface area (Å²) in [4.78, 5) is 42.2. The lowest BCUT2D eigenvalue weighted by atomic mass is 9.95. The Hall–Kier alpha value is -3.09. The summed E-state index contributed by atoms with van der Waals surface area (Å²) in [5, 5.41) is 6.11. The zero-order chi connectivity index (χ0) is 21.6. The number of nitrogens with one attached hydrogen (secondary N) is 3. The molecule has 7 heteroatoms. The summed E-state index contributed by atoms with van der Waals surface area (Å²) in [5.41, 5.74) is 1.28. The molecule has 4 rings (SSSR count). The van der Waals surface area contributed by atoms with Crippen molar-refractivity contribution < 1.29 is 9.59 Å². The largest absolute Gasteiger partial charge is 0.349 e. The summed E-state index contributed by atoms with van der Waals surface area (Å²) in [6.45, 7) is 1.21. The van der Waals surface area contributed by atoms with Gasteiger partial charge in [-0.25, -0.2) is 4.79 Å². The fraction of sp³-hybridized carbons (Fsp3) is 0.458. The number of hydrogen-bond acceptors (Lipinski definition) is 3. The summed E-state index contributed by atoms with van der Waals surface area (Å²) in [6.07, 6.45) is 7.13. The lowest BCUT2D eigenvalue weighted by Crippen LogP contribution is -2.51. The number of pyridine rings is 1. The van der Waals surface area contributed by atoms with Crippen molar-refractivity contribution in [1.82, 2.24) is 20.5 Å². The molecule has 1 saturated carbocycles. The van der Waals surface area contributed by atoms with Gasteiger partial charge >= 0.3 is 6.03 Å². The standard InChI is InChI=1S/C24H30N4O3/c29-22(20-11-12-21(27-23(20)30)17-7-3-1-4-8-17)25-19-13-15-28(16-14-19)24(31)26-18-9-5-2-6-10-18/h1,3-4,7-8,11-12,18-19H,2,5-6,9-10,13-16H2,(H,25,29)(H,26,31)(H,27,30). The molecule has 0 unspecified atom stereocenters. The van der Waals surface area contributed by atoms with Crippen LogP contribution in [0.5, 0.6) is 0 Å². The van der Waals surface area contributed by atoms with Crippen molar-refractivity contribution in [2.45, 2.75) is 57.0 Å². The molecule has 3 amide bonds. The minimum atomic E-state index is -0.400. The summed E-state index contributed by atoms with van der Waals surface area (Å²) in [6, 6.07) is 13.1. The molecular formula is C24H30N4O3. The molecular weight excluding hydrogens is 392 g/mol. The number of H-pyrrole nitrogens is 1. The number of aromatic nitrogens is 1. The molecule has 7 nitrogen and oxygen atoms in total. The third-order valence-electron chi connectivity index (χ3n) is 6.29. The molecule has 164 valence electrons. The Labute approximate surface area is 182 Å². The highest BCUT2D eigenvalue weighted by atomic mass is 16.2. The maximum atomic E-state index is 12.6. The van der Waals surface area contributed by atoms with Crippen molar-refractivity contribution in [3.63, 3.8) is 0 Å². The van der Waals surface area contributed by atoms with E-state index in [1.165, 1.54) is 19.3 Å². The highest BCUT2D eigenvalue weighted by Gasteiger charge is 2.26. The number of benzene rings is 1. The molecule has 1 aromatic carbocycles. The minimum Gasteiger partial charge on any atom is -0.349 e. The van der Waals surface area contributed by atoms with Gasteiger partial charge in [0.05, 0.1) is 0 Å². The van der Waals surface area contributed by atoms with Gasteiger partial charge in [0.25, 0.3) is 11.5 Å². The molecule has 0 radical (unpaired) electrons. The van der Waals surface area contributed by atoms with Crippen molar-refractivity contribution >= 4 is 11.9 Å². The maximum absolute atomic E-state index is 12.6. The number of aromatic amines is 1. The molecule has 0 bridgehead atoms. The number of amides is 3. The first kappa shape index (κ1) is 21.2. The van der Waals surface area contributed by atoms with Crippen molar-refractivity contribution in [2.24, 2.45) is 0 Å². The Kier molecular flexibility index (Phi) is 6.70. The number of urea groups is 1. The number of carbonyl (C=O) groups is 2. The van der Waals surface area contributed by atoms with E-state index in [4.69, 9.17) is 0 Å². The summed E-state index contributed by atoms with van der Waals surface area (Å²) < 4.78 is 0. The van der Waals surface area contributed by atoms with E-state index in [0.717, 1.165) is 18.4 Å². The zero-order valence-electron chi connectivity index (χ0n) is 17.7. The van der Waals surface area contributed by atoms with Gasteiger partial charge in [0, 0.05) is 30.9 Å². The quantitative estimate of drug-likeness (QED) is 0.706. The van der Waals surface area contributed by atoms with Gasteiger partial charge in [0.1, 0.15) is 5.56 Å². The smallest absolute Gasteiger partial charge is 0.317 e. The molecule has 0 spiro atoms. The number of nitrogens with zero attached hydrogens (tertiary/aromatic N) is 1. The molecule has 31 heavy (non-hydrogen) atoms. The Balaban J connectivity index is 1.29. The molecule has 2 aromatic rings.